The van der Waals surface area contributed by atoms with Crippen LogP contribution in [0.25, 0.3) is 0 Å². The van der Waals surface area contributed by atoms with Crippen molar-refractivity contribution in [3.8, 4) is 0 Å². The van der Waals surface area contributed by atoms with Crippen LogP contribution in [0.15, 0.2) is 12.4 Å². The monoisotopic (exact) mass is 168 g/mol. The predicted octanol–water partition coefficient (Wildman–Crippen LogP) is -0.306. The summed E-state index contributed by atoms with van der Waals surface area (Å²) in [6.45, 7) is 1.82. The molecule has 1 heterocycles. The third-order valence-electron chi connectivity index (χ3n) is 0.996. The van der Waals surface area contributed by atoms with Crippen LogP contribution in [0, 0.1) is 6.92 Å². The van der Waals surface area contributed by atoms with Gasteiger partial charge in [0.15, 0.2) is 0 Å². The Labute approximate surface area is 69.1 Å². The molecule has 0 aliphatic rings. The zero-order valence-electron chi connectivity index (χ0n) is 6.52. The number of nitrogens with zero attached hydrogens (tertiary/aromatic N) is 2. The van der Waals surface area contributed by atoms with Crippen LogP contribution >= 0.6 is 0 Å². The lowest BCUT2D eigenvalue weighted by atomic mass is 10.4. The number of aliphatic hydroxyl groups excluding tert-OH is 1. The highest BCUT2D eigenvalue weighted by Crippen LogP contribution is 1.91. The maximum atomic E-state index is 8.53. The van der Waals surface area contributed by atoms with Crippen molar-refractivity contribution in [1.82, 2.24) is 9.97 Å². The molecule has 12 heavy (non-hydrogen) atoms. The molecule has 0 aliphatic heterocycles. The minimum atomic E-state index is -0.0344. The fourth-order valence-corrected chi connectivity index (χ4v) is 0.501. The molecule has 64 valence electrons. The van der Waals surface area contributed by atoms with Gasteiger partial charge in [0.1, 0.15) is 0 Å². The lowest BCUT2D eigenvalue weighted by Gasteiger charge is -1.92. The molecule has 5 heteroatoms. The highest BCUT2D eigenvalue weighted by Gasteiger charge is 1.88. The van der Waals surface area contributed by atoms with Gasteiger partial charge in [-0.2, -0.15) is 9.59 Å². The standard InChI is InChI=1S/C6H8N2O.CO2/c1-5-2-8-6(4-9)3-7-5;2-1-3/h2-3,9H,4H2,1H3;. The highest BCUT2D eigenvalue weighted by atomic mass is 16.3. The molecule has 1 aromatic rings. The molecular weight excluding hydrogens is 160 g/mol. The van der Waals surface area contributed by atoms with Gasteiger partial charge in [0.2, 0.25) is 0 Å². The number of aliphatic hydroxyl groups is 1. The number of rotatable bonds is 1. The lowest BCUT2D eigenvalue weighted by Crippen LogP contribution is -1.90. The SMILES string of the molecule is Cc1cnc(CO)cn1.O=C=O. The van der Waals surface area contributed by atoms with E-state index in [0.29, 0.717) is 5.69 Å². The van der Waals surface area contributed by atoms with Crippen molar-refractivity contribution in [2.24, 2.45) is 0 Å². The van der Waals surface area contributed by atoms with Gasteiger partial charge in [-0.25, -0.2) is 0 Å². The molecule has 1 rings (SSSR count). The van der Waals surface area contributed by atoms with Crippen molar-refractivity contribution in [2.75, 3.05) is 0 Å². The van der Waals surface area contributed by atoms with E-state index in [0.717, 1.165) is 5.69 Å². The smallest absolute Gasteiger partial charge is 0.373 e. The maximum Gasteiger partial charge on any atom is 0.373 e. The zero-order valence-corrected chi connectivity index (χ0v) is 6.52. The summed E-state index contributed by atoms with van der Waals surface area (Å²) in [6, 6.07) is 0. The third-order valence-corrected chi connectivity index (χ3v) is 0.996. The first-order valence-electron chi connectivity index (χ1n) is 3.12. The maximum absolute atomic E-state index is 8.53. The Morgan fingerprint density at radius 3 is 2.33 bits per heavy atom. The van der Waals surface area contributed by atoms with Crippen LogP contribution in [0.4, 0.5) is 0 Å². The number of aryl methyl sites for hydroxylation is 1. The first-order chi connectivity index (χ1) is 5.74. The molecule has 0 atom stereocenters. The van der Waals surface area contributed by atoms with Crippen LogP contribution in [-0.4, -0.2) is 21.2 Å². The minimum absolute atomic E-state index is 0.0344. The predicted molar refractivity (Wildman–Crippen MR) is 37.7 cm³/mol. The van der Waals surface area contributed by atoms with Gasteiger partial charge in [0.25, 0.3) is 0 Å². The van der Waals surface area contributed by atoms with Gasteiger partial charge < -0.3 is 5.11 Å². The number of aromatic nitrogens is 2. The van der Waals surface area contributed by atoms with Crippen LogP contribution in [-0.2, 0) is 16.2 Å². The molecule has 0 saturated heterocycles. The second-order valence-electron chi connectivity index (χ2n) is 1.89. The van der Waals surface area contributed by atoms with Crippen LogP contribution in [0.3, 0.4) is 0 Å². The molecule has 0 amide bonds. The lowest BCUT2D eigenvalue weighted by molar-refractivity contribution is -0.191. The summed E-state index contributed by atoms with van der Waals surface area (Å²) in [5, 5.41) is 8.53. The second-order valence-corrected chi connectivity index (χ2v) is 1.89. The van der Waals surface area contributed by atoms with E-state index in [1.807, 2.05) is 6.92 Å². The van der Waals surface area contributed by atoms with Crippen molar-refractivity contribution in [2.45, 2.75) is 13.5 Å². The summed E-state index contributed by atoms with van der Waals surface area (Å²) in [7, 11) is 0. The van der Waals surface area contributed by atoms with Gasteiger partial charge in [-0.15, -0.1) is 0 Å². The van der Waals surface area contributed by atoms with Gasteiger partial charge >= 0.3 is 6.15 Å². The Balaban J connectivity index is 0.000000354. The normalized spacial score (nSPS) is 7.83. The van der Waals surface area contributed by atoms with Crippen LogP contribution in [0.2, 0.25) is 0 Å². The molecule has 0 radical (unpaired) electrons. The minimum Gasteiger partial charge on any atom is -0.390 e. The van der Waals surface area contributed by atoms with Crippen LogP contribution in [0.1, 0.15) is 11.4 Å². The molecule has 1 N–H and O–H groups in total. The molecule has 1 aromatic heterocycles. The molecule has 0 fully saturated rings. The first-order valence-corrected chi connectivity index (χ1v) is 3.12. The average molecular weight is 168 g/mol. The summed E-state index contributed by atoms with van der Waals surface area (Å²) >= 11 is 0. The van der Waals surface area contributed by atoms with Crippen molar-refractivity contribution in [3.05, 3.63) is 23.8 Å². The Morgan fingerprint density at radius 1 is 1.42 bits per heavy atom. The number of carbonyl (C=O) groups excluding carboxylic acids is 2. The van der Waals surface area contributed by atoms with E-state index in [1.54, 1.807) is 12.4 Å². The fourth-order valence-electron chi connectivity index (χ4n) is 0.501. The molecule has 0 unspecified atom stereocenters. The van der Waals surface area contributed by atoms with Crippen molar-refractivity contribution in [1.29, 1.82) is 0 Å². The fraction of sp³-hybridized carbons (Fsp3) is 0.286. The van der Waals surface area contributed by atoms with E-state index < -0.39 is 0 Å². The Kier molecular flexibility index (Phi) is 5.34. The largest absolute Gasteiger partial charge is 0.390 e. The van der Waals surface area contributed by atoms with Gasteiger partial charge in [0, 0.05) is 6.20 Å². The molecule has 0 aliphatic carbocycles. The molecular formula is C7H8N2O3. The first kappa shape index (κ1) is 10.4. The summed E-state index contributed by atoms with van der Waals surface area (Å²) in [4.78, 5) is 24.1. The van der Waals surface area contributed by atoms with E-state index in [2.05, 4.69) is 9.97 Å². The van der Waals surface area contributed by atoms with Gasteiger partial charge in [-0.1, -0.05) is 0 Å². The average Bonchev–Trinajstić information content (AvgIpc) is 2.07. The second kappa shape index (κ2) is 6.15. The van der Waals surface area contributed by atoms with Gasteiger partial charge in [-0.05, 0) is 6.92 Å². The van der Waals surface area contributed by atoms with E-state index >= 15 is 0 Å². The van der Waals surface area contributed by atoms with Crippen LogP contribution in [0.5, 0.6) is 0 Å². The Bertz CT molecular complexity index is 252. The number of hydrogen-bond donors (Lipinski definition) is 1. The van der Waals surface area contributed by atoms with Crippen molar-refractivity contribution >= 4 is 6.15 Å². The molecule has 0 spiro atoms. The van der Waals surface area contributed by atoms with Gasteiger partial charge in [0.05, 0.1) is 24.2 Å². The summed E-state index contributed by atoms with van der Waals surface area (Å²) in [5.74, 6) is 0. The van der Waals surface area contributed by atoms with Crippen molar-refractivity contribution < 1.29 is 14.7 Å². The molecule has 0 saturated carbocycles. The van der Waals surface area contributed by atoms with E-state index in [9.17, 15) is 0 Å². The Hall–Kier alpha value is -1.58. The number of hydrogen-bond acceptors (Lipinski definition) is 5. The summed E-state index contributed by atoms with van der Waals surface area (Å²) in [5.41, 5.74) is 1.48. The summed E-state index contributed by atoms with van der Waals surface area (Å²) < 4.78 is 0. The van der Waals surface area contributed by atoms with E-state index in [-0.39, 0.29) is 12.8 Å². The van der Waals surface area contributed by atoms with Crippen LogP contribution < -0.4 is 0 Å². The molecule has 0 bridgehead atoms. The van der Waals surface area contributed by atoms with E-state index in [4.69, 9.17) is 14.7 Å². The Morgan fingerprint density at radius 2 is 2.00 bits per heavy atom. The summed E-state index contributed by atoms with van der Waals surface area (Å²) in [6.07, 6.45) is 3.45. The van der Waals surface area contributed by atoms with Gasteiger partial charge in [-0.3, -0.25) is 9.97 Å². The molecule has 5 nitrogen and oxygen atoms in total. The third kappa shape index (κ3) is 4.27. The topological polar surface area (TPSA) is 80.2 Å². The van der Waals surface area contributed by atoms with E-state index in [1.165, 1.54) is 0 Å². The molecule has 0 aromatic carbocycles. The quantitative estimate of drug-likeness (QED) is 0.622. The zero-order chi connectivity index (χ0) is 9.40. The highest BCUT2D eigenvalue weighted by molar-refractivity contribution is 5.20. The van der Waals surface area contributed by atoms with Crippen molar-refractivity contribution in [3.63, 3.8) is 0 Å².